The number of carbonyl (C=O) groups is 2. The average molecular weight is 335 g/mol. The Morgan fingerprint density at radius 1 is 1.17 bits per heavy atom. The molecule has 0 saturated carbocycles. The highest BCUT2D eigenvalue weighted by atomic mass is 32.1. The molecule has 0 aliphatic rings. The summed E-state index contributed by atoms with van der Waals surface area (Å²) in [5.74, 6) is 0.0361. The molecule has 1 unspecified atom stereocenters. The van der Waals surface area contributed by atoms with Gasteiger partial charge in [-0.25, -0.2) is 4.79 Å². The van der Waals surface area contributed by atoms with E-state index in [9.17, 15) is 9.59 Å². The van der Waals surface area contributed by atoms with E-state index in [-0.39, 0.29) is 17.3 Å². The smallest absolute Gasteiger partial charge is 0.345 e. The zero-order chi connectivity index (χ0) is 16.8. The second-order valence-electron chi connectivity index (χ2n) is 4.72. The fourth-order valence-corrected chi connectivity index (χ4v) is 2.60. The number of ether oxygens (including phenoxy) is 2. The number of carboxylic acids is 1. The molecule has 1 amide bonds. The minimum atomic E-state index is -0.969. The first-order valence-corrected chi connectivity index (χ1v) is 7.71. The van der Waals surface area contributed by atoms with Gasteiger partial charge in [-0.3, -0.25) is 4.79 Å². The lowest BCUT2D eigenvalue weighted by Crippen LogP contribution is -2.35. The monoisotopic (exact) mass is 335 g/mol. The molecule has 0 aliphatic heterocycles. The average Bonchev–Trinajstić information content (AvgIpc) is 3.02. The SMILES string of the molecule is COc1ccc(OC(C)C(=O)NCc2ccc(C(=O)O)s2)cc1. The summed E-state index contributed by atoms with van der Waals surface area (Å²) < 4.78 is 10.6. The van der Waals surface area contributed by atoms with Gasteiger partial charge in [-0.2, -0.15) is 0 Å². The van der Waals surface area contributed by atoms with Crippen LogP contribution in [0.5, 0.6) is 11.5 Å². The lowest BCUT2D eigenvalue weighted by molar-refractivity contribution is -0.127. The maximum atomic E-state index is 12.0. The highest BCUT2D eigenvalue weighted by molar-refractivity contribution is 7.13. The second kappa shape index (κ2) is 7.64. The largest absolute Gasteiger partial charge is 0.497 e. The molecule has 1 aromatic carbocycles. The Morgan fingerprint density at radius 3 is 2.39 bits per heavy atom. The first-order chi connectivity index (χ1) is 11.0. The molecule has 0 radical (unpaired) electrons. The Labute approximate surface area is 137 Å². The minimum Gasteiger partial charge on any atom is -0.497 e. The molecule has 1 aromatic heterocycles. The summed E-state index contributed by atoms with van der Waals surface area (Å²) in [6.07, 6.45) is -0.665. The Balaban J connectivity index is 1.85. The van der Waals surface area contributed by atoms with Crippen molar-refractivity contribution in [3.63, 3.8) is 0 Å². The van der Waals surface area contributed by atoms with Gasteiger partial charge in [0.2, 0.25) is 0 Å². The van der Waals surface area contributed by atoms with E-state index in [1.807, 2.05) is 0 Å². The standard InChI is InChI=1S/C16H17NO5S/c1-10(22-12-5-3-11(21-2)4-6-12)15(18)17-9-13-7-8-14(23-13)16(19)20/h3-8,10H,9H2,1-2H3,(H,17,18)(H,19,20). The van der Waals surface area contributed by atoms with Crippen LogP contribution in [0.3, 0.4) is 0 Å². The molecule has 122 valence electrons. The van der Waals surface area contributed by atoms with Gasteiger partial charge in [0.15, 0.2) is 6.10 Å². The number of carboxylic acid groups (broad SMARTS) is 1. The molecular formula is C16H17NO5S. The van der Waals surface area contributed by atoms with Crippen LogP contribution < -0.4 is 14.8 Å². The van der Waals surface area contributed by atoms with Crippen LogP contribution >= 0.6 is 11.3 Å². The number of nitrogens with one attached hydrogen (secondary N) is 1. The highest BCUT2D eigenvalue weighted by Gasteiger charge is 2.15. The van der Waals surface area contributed by atoms with E-state index in [1.54, 1.807) is 44.4 Å². The lowest BCUT2D eigenvalue weighted by Gasteiger charge is -2.14. The number of rotatable bonds is 7. The normalized spacial score (nSPS) is 11.6. The summed E-state index contributed by atoms with van der Waals surface area (Å²) in [5.41, 5.74) is 0. The number of thiophene rings is 1. The molecular weight excluding hydrogens is 318 g/mol. The van der Waals surface area contributed by atoms with Crippen LogP contribution in [0, 0.1) is 0 Å². The summed E-state index contributed by atoms with van der Waals surface area (Å²) in [6, 6.07) is 10.1. The maximum Gasteiger partial charge on any atom is 0.345 e. The zero-order valence-electron chi connectivity index (χ0n) is 12.7. The van der Waals surface area contributed by atoms with Crippen LogP contribution in [0.4, 0.5) is 0 Å². The van der Waals surface area contributed by atoms with Crippen LogP contribution in [0.15, 0.2) is 36.4 Å². The Kier molecular flexibility index (Phi) is 5.59. The Bertz CT molecular complexity index is 680. The number of hydrogen-bond acceptors (Lipinski definition) is 5. The summed E-state index contributed by atoms with van der Waals surface area (Å²) >= 11 is 1.13. The molecule has 2 rings (SSSR count). The fourth-order valence-electron chi connectivity index (χ4n) is 1.82. The molecule has 0 spiro atoms. The third kappa shape index (κ3) is 4.72. The van der Waals surface area contributed by atoms with Gasteiger partial charge in [0.1, 0.15) is 16.4 Å². The summed E-state index contributed by atoms with van der Waals surface area (Å²) in [6.45, 7) is 1.92. The van der Waals surface area contributed by atoms with Gasteiger partial charge in [0.05, 0.1) is 13.7 Å². The summed E-state index contributed by atoms with van der Waals surface area (Å²) in [5, 5.41) is 11.6. The molecule has 2 aromatic rings. The van der Waals surface area contributed by atoms with E-state index in [2.05, 4.69) is 5.32 Å². The van der Waals surface area contributed by atoms with Crippen LogP contribution in [0.2, 0.25) is 0 Å². The molecule has 23 heavy (non-hydrogen) atoms. The van der Waals surface area contributed by atoms with E-state index in [1.165, 1.54) is 6.07 Å². The van der Waals surface area contributed by atoms with Gasteiger partial charge in [-0.05, 0) is 43.3 Å². The van der Waals surface area contributed by atoms with Gasteiger partial charge < -0.3 is 19.9 Å². The van der Waals surface area contributed by atoms with Crippen LogP contribution in [-0.2, 0) is 11.3 Å². The highest BCUT2D eigenvalue weighted by Crippen LogP contribution is 2.19. The van der Waals surface area contributed by atoms with Gasteiger partial charge in [-0.15, -0.1) is 11.3 Å². The Hall–Kier alpha value is -2.54. The van der Waals surface area contributed by atoms with Crippen molar-refractivity contribution in [1.29, 1.82) is 0 Å². The number of methoxy groups -OCH3 is 1. The first kappa shape index (κ1) is 16.8. The van der Waals surface area contributed by atoms with Crippen molar-refractivity contribution in [2.45, 2.75) is 19.6 Å². The van der Waals surface area contributed by atoms with Crippen molar-refractivity contribution in [1.82, 2.24) is 5.32 Å². The number of hydrogen-bond donors (Lipinski definition) is 2. The first-order valence-electron chi connectivity index (χ1n) is 6.90. The van der Waals surface area contributed by atoms with Gasteiger partial charge in [-0.1, -0.05) is 0 Å². The van der Waals surface area contributed by atoms with Crippen molar-refractivity contribution in [3.05, 3.63) is 46.2 Å². The maximum absolute atomic E-state index is 12.0. The zero-order valence-corrected chi connectivity index (χ0v) is 13.6. The van der Waals surface area contributed by atoms with E-state index in [0.29, 0.717) is 11.5 Å². The topological polar surface area (TPSA) is 84.9 Å². The quantitative estimate of drug-likeness (QED) is 0.812. The van der Waals surface area contributed by atoms with Crippen molar-refractivity contribution in [3.8, 4) is 11.5 Å². The third-order valence-corrected chi connectivity index (χ3v) is 4.12. The third-order valence-electron chi connectivity index (χ3n) is 3.05. The summed E-state index contributed by atoms with van der Waals surface area (Å²) in [4.78, 5) is 23.8. The summed E-state index contributed by atoms with van der Waals surface area (Å²) in [7, 11) is 1.58. The van der Waals surface area contributed by atoms with Crippen LogP contribution in [0.1, 0.15) is 21.5 Å². The van der Waals surface area contributed by atoms with Crippen LogP contribution in [-0.4, -0.2) is 30.2 Å². The number of carbonyl (C=O) groups excluding carboxylic acids is 1. The van der Waals surface area contributed by atoms with Crippen molar-refractivity contribution in [2.75, 3.05) is 7.11 Å². The minimum absolute atomic E-state index is 0.247. The Morgan fingerprint density at radius 2 is 1.83 bits per heavy atom. The molecule has 0 fully saturated rings. The van der Waals surface area contributed by atoms with Crippen LogP contribution in [0.25, 0.3) is 0 Å². The van der Waals surface area contributed by atoms with Crippen molar-refractivity contribution < 1.29 is 24.2 Å². The second-order valence-corrected chi connectivity index (χ2v) is 5.89. The van der Waals surface area contributed by atoms with Crippen molar-refractivity contribution >= 4 is 23.2 Å². The van der Waals surface area contributed by atoms with E-state index in [0.717, 1.165) is 16.2 Å². The number of benzene rings is 1. The molecule has 0 aliphatic carbocycles. The number of aromatic carboxylic acids is 1. The molecule has 1 atom stereocenters. The fraction of sp³-hybridized carbons (Fsp3) is 0.250. The predicted octanol–water partition coefficient (Wildman–Crippen LogP) is 2.54. The van der Waals surface area contributed by atoms with Gasteiger partial charge in [0, 0.05) is 4.88 Å². The molecule has 0 bridgehead atoms. The lowest BCUT2D eigenvalue weighted by atomic mass is 10.3. The van der Waals surface area contributed by atoms with Gasteiger partial charge in [0.25, 0.3) is 5.91 Å². The van der Waals surface area contributed by atoms with Crippen molar-refractivity contribution in [2.24, 2.45) is 0 Å². The predicted molar refractivity (Wildman–Crippen MR) is 86.2 cm³/mol. The number of amides is 1. The molecule has 1 heterocycles. The molecule has 2 N–H and O–H groups in total. The van der Waals surface area contributed by atoms with Gasteiger partial charge >= 0.3 is 5.97 Å². The van der Waals surface area contributed by atoms with E-state index >= 15 is 0 Å². The molecule has 0 saturated heterocycles. The molecule has 7 heteroatoms. The van der Waals surface area contributed by atoms with E-state index < -0.39 is 12.1 Å². The van der Waals surface area contributed by atoms with E-state index in [4.69, 9.17) is 14.6 Å². The molecule has 6 nitrogen and oxygen atoms in total.